The molecule has 0 spiro atoms. The van der Waals surface area contributed by atoms with Gasteiger partial charge in [-0.15, -0.1) is 11.6 Å². The molecule has 3 fully saturated rings. The van der Waals surface area contributed by atoms with E-state index in [2.05, 4.69) is 28.7 Å². The number of piperidine rings is 2. The number of ether oxygens (including phenoxy) is 2. The summed E-state index contributed by atoms with van der Waals surface area (Å²) in [7, 11) is 3.69. The van der Waals surface area contributed by atoms with Crippen LogP contribution in [0.25, 0.3) is 0 Å². The number of hydrogen-bond donors (Lipinski definition) is 2. The Morgan fingerprint density at radius 2 is 2.06 bits per heavy atom. The molecule has 1 amide bonds. The van der Waals surface area contributed by atoms with Crippen LogP contribution in [0.5, 0.6) is 5.75 Å². The monoisotopic (exact) mass is 460 g/mol. The van der Waals surface area contributed by atoms with Crippen molar-refractivity contribution in [3.63, 3.8) is 0 Å². The number of rotatable bonds is 6. The van der Waals surface area contributed by atoms with Gasteiger partial charge in [0.1, 0.15) is 11.8 Å². The zero-order chi connectivity index (χ0) is 22.7. The molecule has 8 heteroatoms. The molecule has 5 unspecified atom stereocenters. The van der Waals surface area contributed by atoms with E-state index in [1.807, 2.05) is 6.07 Å². The molecule has 4 rings (SSSR count). The SMILES string of the molecule is COc1cc(NCC2CC3CC(Cl)C(OC4CCN(C)CC4)CC3NC2=O)ccc1C#N. The topological polar surface area (TPSA) is 86.6 Å². The summed E-state index contributed by atoms with van der Waals surface area (Å²) in [4.78, 5) is 15.1. The van der Waals surface area contributed by atoms with Crippen LogP contribution >= 0.6 is 11.6 Å². The quantitative estimate of drug-likeness (QED) is 0.635. The normalized spacial score (nSPS) is 31.3. The molecule has 0 bridgehead atoms. The Labute approximate surface area is 195 Å². The Bertz CT molecular complexity index is 852. The number of anilines is 1. The van der Waals surface area contributed by atoms with Crippen LogP contribution in [0, 0.1) is 23.2 Å². The molecule has 1 aliphatic carbocycles. The maximum absolute atomic E-state index is 12.8. The van der Waals surface area contributed by atoms with Gasteiger partial charge in [0.05, 0.1) is 36.2 Å². The first-order valence-corrected chi connectivity index (χ1v) is 12.0. The van der Waals surface area contributed by atoms with E-state index in [9.17, 15) is 4.79 Å². The number of likely N-dealkylation sites (tertiary alicyclic amines) is 1. The van der Waals surface area contributed by atoms with Gasteiger partial charge in [0.2, 0.25) is 5.91 Å². The fourth-order valence-electron chi connectivity index (χ4n) is 5.23. The number of fused-ring (bicyclic) bond motifs is 1. The highest BCUT2D eigenvalue weighted by Gasteiger charge is 2.43. The maximum Gasteiger partial charge on any atom is 0.225 e. The summed E-state index contributed by atoms with van der Waals surface area (Å²) in [5.41, 5.74) is 1.32. The molecule has 1 aromatic carbocycles. The van der Waals surface area contributed by atoms with E-state index in [4.69, 9.17) is 26.3 Å². The first-order valence-electron chi connectivity index (χ1n) is 11.6. The van der Waals surface area contributed by atoms with Gasteiger partial charge < -0.3 is 25.0 Å². The maximum atomic E-state index is 12.8. The lowest BCUT2D eigenvalue weighted by atomic mass is 9.74. The van der Waals surface area contributed by atoms with E-state index in [0.717, 1.165) is 50.9 Å². The van der Waals surface area contributed by atoms with Crippen LogP contribution in [0.1, 0.15) is 37.7 Å². The Kier molecular flexibility index (Phi) is 7.44. The van der Waals surface area contributed by atoms with Gasteiger partial charge in [0.25, 0.3) is 0 Å². The zero-order valence-electron chi connectivity index (χ0n) is 18.9. The lowest BCUT2D eigenvalue weighted by molar-refractivity contribution is -0.131. The predicted molar refractivity (Wildman–Crippen MR) is 124 cm³/mol. The number of carbonyl (C=O) groups is 1. The number of nitriles is 1. The molecule has 5 atom stereocenters. The second-order valence-electron chi connectivity index (χ2n) is 9.38. The summed E-state index contributed by atoms with van der Waals surface area (Å²) >= 11 is 6.77. The van der Waals surface area contributed by atoms with Crippen molar-refractivity contribution in [1.29, 1.82) is 5.26 Å². The van der Waals surface area contributed by atoms with Crippen LogP contribution in [0.4, 0.5) is 5.69 Å². The summed E-state index contributed by atoms with van der Waals surface area (Å²) in [6, 6.07) is 7.61. The fraction of sp³-hybridized carbons (Fsp3) is 0.667. The Morgan fingerprint density at radius 1 is 1.28 bits per heavy atom. The summed E-state index contributed by atoms with van der Waals surface area (Å²) in [6.07, 6.45) is 4.85. The smallest absolute Gasteiger partial charge is 0.225 e. The van der Waals surface area contributed by atoms with E-state index in [-0.39, 0.29) is 35.5 Å². The number of benzene rings is 1. The second-order valence-corrected chi connectivity index (χ2v) is 9.94. The standard InChI is InChI=1S/C24H33ClN4O3/c1-29-7-5-19(6-8-29)32-23-12-21-16(10-20(23)25)9-17(24(30)28-21)14-27-18-4-3-15(13-26)22(11-18)31-2/h3-4,11,16-17,19-21,23,27H,5-10,12,14H2,1-2H3,(H,28,30). The first kappa shape index (κ1) is 23.2. The number of nitrogens with zero attached hydrogens (tertiary/aromatic N) is 2. The van der Waals surface area contributed by atoms with Crippen molar-refractivity contribution >= 4 is 23.2 Å². The van der Waals surface area contributed by atoms with Crippen molar-refractivity contribution in [2.45, 2.75) is 55.7 Å². The number of amides is 1. The minimum atomic E-state index is -0.117. The van der Waals surface area contributed by atoms with E-state index in [1.165, 1.54) is 0 Å². The number of nitrogens with one attached hydrogen (secondary N) is 2. The highest BCUT2D eigenvalue weighted by Crippen LogP contribution is 2.38. The highest BCUT2D eigenvalue weighted by molar-refractivity contribution is 6.21. The van der Waals surface area contributed by atoms with Crippen molar-refractivity contribution in [3.8, 4) is 11.8 Å². The third kappa shape index (κ3) is 5.31. The van der Waals surface area contributed by atoms with Crippen molar-refractivity contribution < 1.29 is 14.3 Å². The summed E-state index contributed by atoms with van der Waals surface area (Å²) in [6.45, 7) is 2.66. The van der Waals surface area contributed by atoms with Crippen LogP contribution in [-0.4, -0.2) is 68.2 Å². The molecule has 1 saturated carbocycles. The van der Waals surface area contributed by atoms with Crippen LogP contribution in [0.3, 0.4) is 0 Å². The molecule has 1 aromatic rings. The summed E-state index contributed by atoms with van der Waals surface area (Å²) < 4.78 is 11.7. The van der Waals surface area contributed by atoms with Crippen molar-refractivity contribution in [2.75, 3.05) is 39.1 Å². The van der Waals surface area contributed by atoms with Crippen LogP contribution < -0.4 is 15.4 Å². The van der Waals surface area contributed by atoms with Crippen molar-refractivity contribution in [2.24, 2.45) is 11.8 Å². The van der Waals surface area contributed by atoms with Crippen molar-refractivity contribution in [3.05, 3.63) is 23.8 Å². The fourth-order valence-corrected chi connectivity index (χ4v) is 5.62. The molecule has 7 nitrogen and oxygen atoms in total. The Balaban J connectivity index is 1.31. The van der Waals surface area contributed by atoms with E-state index >= 15 is 0 Å². The largest absolute Gasteiger partial charge is 0.495 e. The lowest BCUT2D eigenvalue weighted by Gasteiger charge is -2.45. The molecule has 2 N–H and O–H groups in total. The molecule has 3 aliphatic rings. The molecule has 2 heterocycles. The molecule has 2 saturated heterocycles. The predicted octanol–water partition coefficient (Wildman–Crippen LogP) is 2.98. The van der Waals surface area contributed by atoms with Gasteiger partial charge in [-0.2, -0.15) is 5.26 Å². The average Bonchev–Trinajstić information content (AvgIpc) is 2.80. The van der Waals surface area contributed by atoms with Crippen LogP contribution in [0.15, 0.2) is 18.2 Å². The van der Waals surface area contributed by atoms with E-state index < -0.39 is 0 Å². The highest BCUT2D eigenvalue weighted by atomic mass is 35.5. The molecular weight excluding hydrogens is 428 g/mol. The second kappa shape index (κ2) is 10.3. The Morgan fingerprint density at radius 3 is 2.78 bits per heavy atom. The molecule has 0 aromatic heterocycles. The zero-order valence-corrected chi connectivity index (χ0v) is 19.6. The van der Waals surface area contributed by atoms with Gasteiger partial charge in [0.15, 0.2) is 0 Å². The number of carbonyl (C=O) groups excluding carboxylic acids is 1. The van der Waals surface area contributed by atoms with Crippen LogP contribution in [0.2, 0.25) is 0 Å². The first-order chi connectivity index (χ1) is 15.5. The van der Waals surface area contributed by atoms with Gasteiger partial charge in [0, 0.05) is 37.4 Å². The molecule has 0 radical (unpaired) electrons. The molecule has 174 valence electrons. The molecular formula is C24H33ClN4O3. The number of alkyl halides is 1. The van der Waals surface area contributed by atoms with Gasteiger partial charge in [-0.3, -0.25) is 4.79 Å². The minimum absolute atomic E-state index is 0.00686. The summed E-state index contributed by atoms with van der Waals surface area (Å²) in [5.74, 6) is 0.868. The minimum Gasteiger partial charge on any atom is -0.495 e. The lowest BCUT2D eigenvalue weighted by Crippen LogP contribution is -2.56. The molecule has 32 heavy (non-hydrogen) atoms. The summed E-state index contributed by atoms with van der Waals surface area (Å²) in [5, 5.41) is 15.7. The number of methoxy groups -OCH3 is 1. The van der Waals surface area contributed by atoms with Gasteiger partial charge >= 0.3 is 0 Å². The number of hydrogen-bond acceptors (Lipinski definition) is 6. The van der Waals surface area contributed by atoms with Gasteiger partial charge in [-0.25, -0.2) is 0 Å². The van der Waals surface area contributed by atoms with Crippen LogP contribution in [-0.2, 0) is 9.53 Å². The van der Waals surface area contributed by atoms with Gasteiger partial charge in [-0.1, -0.05) is 0 Å². The van der Waals surface area contributed by atoms with Crippen molar-refractivity contribution in [1.82, 2.24) is 10.2 Å². The third-order valence-electron chi connectivity index (χ3n) is 7.18. The average molecular weight is 461 g/mol. The van der Waals surface area contributed by atoms with E-state index in [1.54, 1.807) is 19.2 Å². The molecule has 2 aliphatic heterocycles. The number of halogens is 1. The Hall–Kier alpha value is -2.01. The van der Waals surface area contributed by atoms with E-state index in [0.29, 0.717) is 23.8 Å². The third-order valence-corrected chi connectivity index (χ3v) is 7.64. The van der Waals surface area contributed by atoms with Gasteiger partial charge in [-0.05, 0) is 57.2 Å².